The Bertz CT molecular complexity index is 491. The van der Waals surface area contributed by atoms with E-state index in [1.54, 1.807) is 0 Å². The molecule has 116 valence electrons. The Hall–Kier alpha value is -1.55. The molecule has 0 spiro atoms. The summed E-state index contributed by atoms with van der Waals surface area (Å²) in [6.07, 6.45) is 3.39. The van der Waals surface area contributed by atoms with Gasteiger partial charge in [-0.25, -0.2) is 0 Å². The van der Waals surface area contributed by atoms with Crippen molar-refractivity contribution in [1.29, 1.82) is 0 Å². The summed E-state index contributed by atoms with van der Waals surface area (Å²) in [7, 11) is 0. The molecule has 0 bridgehead atoms. The summed E-state index contributed by atoms with van der Waals surface area (Å²) in [5.74, 6) is 0.618. The number of hydrogen-bond acceptors (Lipinski definition) is 3. The number of ether oxygens (including phenoxy) is 1. The van der Waals surface area contributed by atoms with Gasteiger partial charge in [-0.2, -0.15) is 0 Å². The normalized spacial score (nSPS) is 25.6. The van der Waals surface area contributed by atoms with Crippen molar-refractivity contribution < 1.29 is 9.53 Å². The molecule has 0 aromatic heterocycles. The van der Waals surface area contributed by atoms with Crippen molar-refractivity contribution >= 4 is 5.91 Å². The standard InChI is InChI=1S/C17H26N2O2/c1-4-19-17(16(18)20)7-5-6-14(11-17)21-15-9-12(2)8-13(3)10-15/h8-10,14,19H,4-7,11H2,1-3H3,(H2,18,20). The zero-order valence-electron chi connectivity index (χ0n) is 13.2. The van der Waals surface area contributed by atoms with E-state index in [1.165, 1.54) is 11.1 Å². The topological polar surface area (TPSA) is 64.3 Å². The lowest BCUT2D eigenvalue weighted by molar-refractivity contribution is -0.127. The highest BCUT2D eigenvalue weighted by molar-refractivity contribution is 5.84. The van der Waals surface area contributed by atoms with Crippen LogP contribution in [0.2, 0.25) is 0 Å². The van der Waals surface area contributed by atoms with Gasteiger partial charge < -0.3 is 15.8 Å². The van der Waals surface area contributed by atoms with Gasteiger partial charge in [0.2, 0.25) is 5.91 Å². The molecule has 1 fully saturated rings. The summed E-state index contributed by atoms with van der Waals surface area (Å²) < 4.78 is 6.12. The summed E-state index contributed by atoms with van der Waals surface area (Å²) in [6, 6.07) is 6.21. The quantitative estimate of drug-likeness (QED) is 0.875. The Morgan fingerprint density at radius 2 is 2.05 bits per heavy atom. The lowest BCUT2D eigenvalue weighted by Crippen LogP contribution is -2.59. The highest BCUT2D eigenvalue weighted by Crippen LogP contribution is 2.31. The molecule has 0 saturated heterocycles. The Labute approximate surface area is 127 Å². The van der Waals surface area contributed by atoms with Gasteiger partial charge in [-0.15, -0.1) is 0 Å². The highest BCUT2D eigenvalue weighted by atomic mass is 16.5. The lowest BCUT2D eigenvalue weighted by Gasteiger charge is -2.39. The third-order valence-corrected chi connectivity index (χ3v) is 4.19. The van der Waals surface area contributed by atoms with E-state index in [9.17, 15) is 4.79 Å². The van der Waals surface area contributed by atoms with E-state index in [2.05, 4.69) is 25.2 Å². The van der Waals surface area contributed by atoms with E-state index < -0.39 is 5.54 Å². The molecule has 0 radical (unpaired) electrons. The first-order valence-electron chi connectivity index (χ1n) is 7.75. The fourth-order valence-corrected chi connectivity index (χ4v) is 3.33. The number of primary amides is 1. The molecule has 1 aliphatic carbocycles. The van der Waals surface area contributed by atoms with Crippen LogP contribution in [0.5, 0.6) is 5.75 Å². The average molecular weight is 290 g/mol. The predicted molar refractivity (Wildman–Crippen MR) is 84.4 cm³/mol. The van der Waals surface area contributed by atoms with Crippen LogP contribution in [-0.2, 0) is 4.79 Å². The van der Waals surface area contributed by atoms with Crippen molar-refractivity contribution in [2.45, 2.75) is 58.1 Å². The summed E-state index contributed by atoms with van der Waals surface area (Å²) >= 11 is 0. The van der Waals surface area contributed by atoms with Gasteiger partial charge in [-0.05, 0) is 62.9 Å². The Morgan fingerprint density at radius 1 is 1.38 bits per heavy atom. The predicted octanol–water partition coefficient (Wildman–Crippen LogP) is 2.46. The number of carbonyl (C=O) groups is 1. The summed E-state index contributed by atoms with van der Waals surface area (Å²) in [5, 5.41) is 3.28. The van der Waals surface area contributed by atoms with Crippen molar-refractivity contribution in [2.75, 3.05) is 6.54 Å². The maximum absolute atomic E-state index is 11.9. The smallest absolute Gasteiger partial charge is 0.237 e. The van der Waals surface area contributed by atoms with E-state index in [-0.39, 0.29) is 12.0 Å². The molecule has 0 aliphatic heterocycles. The van der Waals surface area contributed by atoms with Crippen LogP contribution in [0.3, 0.4) is 0 Å². The molecule has 21 heavy (non-hydrogen) atoms. The number of benzene rings is 1. The van der Waals surface area contributed by atoms with Crippen LogP contribution in [0.15, 0.2) is 18.2 Å². The van der Waals surface area contributed by atoms with E-state index in [4.69, 9.17) is 10.5 Å². The maximum atomic E-state index is 11.9. The number of nitrogens with two attached hydrogens (primary N) is 1. The van der Waals surface area contributed by atoms with Gasteiger partial charge in [0.15, 0.2) is 0 Å². The fourth-order valence-electron chi connectivity index (χ4n) is 3.33. The van der Waals surface area contributed by atoms with Crippen LogP contribution >= 0.6 is 0 Å². The third-order valence-electron chi connectivity index (χ3n) is 4.19. The second-order valence-electron chi connectivity index (χ2n) is 6.14. The number of nitrogens with one attached hydrogen (secondary N) is 1. The Morgan fingerprint density at radius 3 is 2.62 bits per heavy atom. The van der Waals surface area contributed by atoms with Gasteiger partial charge >= 0.3 is 0 Å². The molecule has 2 unspecified atom stereocenters. The van der Waals surface area contributed by atoms with E-state index in [0.717, 1.165) is 31.6 Å². The molecule has 2 atom stereocenters. The zero-order chi connectivity index (χ0) is 15.5. The van der Waals surface area contributed by atoms with E-state index in [0.29, 0.717) is 6.42 Å². The molecule has 4 nitrogen and oxygen atoms in total. The number of likely N-dealkylation sites (N-methyl/N-ethyl adjacent to an activating group) is 1. The number of rotatable bonds is 5. The van der Waals surface area contributed by atoms with Gasteiger partial charge in [-0.3, -0.25) is 4.79 Å². The van der Waals surface area contributed by atoms with Crippen LogP contribution in [0.25, 0.3) is 0 Å². The highest BCUT2D eigenvalue weighted by Gasteiger charge is 2.41. The van der Waals surface area contributed by atoms with Crippen molar-refractivity contribution in [3.05, 3.63) is 29.3 Å². The minimum atomic E-state index is -0.615. The molecular formula is C17H26N2O2. The first-order chi connectivity index (χ1) is 9.95. The van der Waals surface area contributed by atoms with Crippen molar-refractivity contribution in [1.82, 2.24) is 5.32 Å². The monoisotopic (exact) mass is 290 g/mol. The van der Waals surface area contributed by atoms with Crippen LogP contribution < -0.4 is 15.8 Å². The lowest BCUT2D eigenvalue weighted by atomic mass is 9.79. The van der Waals surface area contributed by atoms with Gasteiger partial charge in [0.25, 0.3) is 0 Å². The number of carbonyl (C=O) groups excluding carboxylic acids is 1. The van der Waals surface area contributed by atoms with Crippen molar-refractivity contribution in [3.63, 3.8) is 0 Å². The van der Waals surface area contributed by atoms with Crippen LogP contribution in [-0.4, -0.2) is 24.1 Å². The number of hydrogen-bond donors (Lipinski definition) is 2. The molecule has 1 aliphatic rings. The number of amides is 1. The molecule has 1 aromatic carbocycles. The number of aryl methyl sites for hydroxylation is 2. The summed E-state index contributed by atoms with van der Waals surface area (Å²) in [6.45, 7) is 6.86. The second-order valence-corrected chi connectivity index (χ2v) is 6.14. The fraction of sp³-hybridized carbons (Fsp3) is 0.588. The molecular weight excluding hydrogens is 264 g/mol. The van der Waals surface area contributed by atoms with Crippen LogP contribution in [0.4, 0.5) is 0 Å². The second kappa shape index (κ2) is 6.48. The summed E-state index contributed by atoms with van der Waals surface area (Å²) in [4.78, 5) is 11.9. The Balaban J connectivity index is 2.11. The molecule has 4 heteroatoms. The van der Waals surface area contributed by atoms with Crippen LogP contribution in [0, 0.1) is 13.8 Å². The molecule has 1 aromatic rings. The maximum Gasteiger partial charge on any atom is 0.237 e. The Kier molecular flexibility index (Phi) is 4.88. The average Bonchev–Trinajstić information content (AvgIpc) is 2.37. The molecule has 0 heterocycles. The van der Waals surface area contributed by atoms with Gasteiger partial charge in [-0.1, -0.05) is 13.0 Å². The SMILES string of the molecule is CCNC1(C(N)=O)CCCC(Oc2cc(C)cc(C)c2)C1. The van der Waals surface area contributed by atoms with Crippen LogP contribution in [0.1, 0.15) is 43.7 Å². The molecule has 3 N–H and O–H groups in total. The van der Waals surface area contributed by atoms with Crippen molar-refractivity contribution in [2.24, 2.45) is 5.73 Å². The molecule has 1 amide bonds. The zero-order valence-corrected chi connectivity index (χ0v) is 13.2. The largest absolute Gasteiger partial charge is 0.490 e. The minimum absolute atomic E-state index is 0.0338. The van der Waals surface area contributed by atoms with Gasteiger partial charge in [0, 0.05) is 6.42 Å². The minimum Gasteiger partial charge on any atom is -0.490 e. The van der Waals surface area contributed by atoms with Gasteiger partial charge in [0.1, 0.15) is 17.4 Å². The van der Waals surface area contributed by atoms with E-state index >= 15 is 0 Å². The summed E-state index contributed by atoms with van der Waals surface area (Å²) in [5.41, 5.74) is 7.40. The first-order valence-corrected chi connectivity index (χ1v) is 7.75. The van der Waals surface area contributed by atoms with E-state index in [1.807, 2.05) is 19.1 Å². The van der Waals surface area contributed by atoms with Crippen molar-refractivity contribution in [3.8, 4) is 5.75 Å². The molecule has 1 saturated carbocycles. The third kappa shape index (κ3) is 3.76. The first kappa shape index (κ1) is 15.8. The van der Waals surface area contributed by atoms with Gasteiger partial charge in [0.05, 0.1) is 0 Å². The molecule has 2 rings (SSSR count).